The van der Waals surface area contributed by atoms with E-state index in [1.54, 1.807) is 23.5 Å². The minimum Gasteiger partial charge on any atom is -0.478 e. The monoisotopic (exact) mass is 218 g/mol. The number of thiophene rings is 1. The van der Waals surface area contributed by atoms with Gasteiger partial charge in [0.1, 0.15) is 0 Å². The van der Waals surface area contributed by atoms with Gasteiger partial charge >= 0.3 is 5.97 Å². The lowest BCUT2D eigenvalue weighted by Crippen LogP contribution is -1.94. The highest BCUT2D eigenvalue weighted by Crippen LogP contribution is 2.27. The minimum absolute atomic E-state index is 0.326. The zero-order chi connectivity index (χ0) is 10.8. The topological polar surface area (TPSA) is 37.3 Å². The van der Waals surface area contributed by atoms with Gasteiger partial charge < -0.3 is 5.11 Å². The van der Waals surface area contributed by atoms with E-state index in [1.165, 1.54) is 10.4 Å². The zero-order valence-corrected chi connectivity index (χ0v) is 9.04. The number of hydrogen-bond donors (Lipinski definition) is 1. The predicted molar refractivity (Wildman–Crippen MR) is 61.5 cm³/mol. The Morgan fingerprint density at radius 1 is 1.20 bits per heavy atom. The average Bonchev–Trinajstić information content (AvgIpc) is 2.65. The molecule has 0 fully saturated rings. The molecule has 0 atom stereocenters. The summed E-state index contributed by atoms with van der Waals surface area (Å²) in [4.78, 5) is 11.9. The summed E-state index contributed by atoms with van der Waals surface area (Å²) >= 11 is 1.69. The molecule has 2 nitrogen and oxygen atoms in total. The van der Waals surface area contributed by atoms with E-state index in [0.717, 1.165) is 5.56 Å². The summed E-state index contributed by atoms with van der Waals surface area (Å²) in [6, 6.07) is 9.01. The Morgan fingerprint density at radius 3 is 2.33 bits per heavy atom. The fourth-order valence-corrected chi connectivity index (χ4v) is 2.20. The quantitative estimate of drug-likeness (QED) is 0.838. The molecule has 3 heteroatoms. The maximum Gasteiger partial charge on any atom is 0.335 e. The van der Waals surface area contributed by atoms with Gasteiger partial charge in [-0.1, -0.05) is 12.1 Å². The van der Waals surface area contributed by atoms with Crippen LogP contribution in [-0.2, 0) is 0 Å². The highest BCUT2D eigenvalue weighted by Gasteiger charge is 2.05. The zero-order valence-electron chi connectivity index (χ0n) is 8.23. The van der Waals surface area contributed by atoms with Crippen molar-refractivity contribution in [2.24, 2.45) is 0 Å². The molecule has 0 unspecified atom stereocenters. The molecule has 0 amide bonds. The Balaban J connectivity index is 2.40. The van der Waals surface area contributed by atoms with Gasteiger partial charge in [-0.15, -0.1) is 11.3 Å². The van der Waals surface area contributed by atoms with Gasteiger partial charge in [0.15, 0.2) is 0 Å². The minimum atomic E-state index is -0.886. The molecule has 1 N–H and O–H groups in total. The summed E-state index contributed by atoms with van der Waals surface area (Å²) in [5.74, 6) is -0.886. The standard InChI is InChI=1S/C12H10O2S/c1-8-11(6-7-15-8)9-2-4-10(5-3-9)12(13)14/h2-7H,1H3,(H,13,14). The van der Waals surface area contributed by atoms with Crippen molar-refractivity contribution in [2.45, 2.75) is 6.92 Å². The Morgan fingerprint density at radius 2 is 1.87 bits per heavy atom. The van der Waals surface area contributed by atoms with Crippen LogP contribution in [0.3, 0.4) is 0 Å². The first-order chi connectivity index (χ1) is 7.18. The molecule has 0 saturated heterocycles. The lowest BCUT2D eigenvalue weighted by molar-refractivity contribution is 0.0697. The van der Waals surface area contributed by atoms with E-state index in [4.69, 9.17) is 5.11 Å². The van der Waals surface area contributed by atoms with Crippen molar-refractivity contribution in [2.75, 3.05) is 0 Å². The van der Waals surface area contributed by atoms with Gasteiger partial charge in [-0.25, -0.2) is 4.79 Å². The molecule has 0 radical (unpaired) electrons. The van der Waals surface area contributed by atoms with Crippen molar-refractivity contribution >= 4 is 17.3 Å². The Labute approximate surface area is 91.8 Å². The molecule has 2 rings (SSSR count). The summed E-state index contributed by atoms with van der Waals surface area (Å²) in [7, 11) is 0. The highest BCUT2D eigenvalue weighted by molar-refractivity contribution is 7.10. The van der Waals surface area contributed by atoms with Crippen LogP contribution in [0.2, 0.25) is 0 Å². The fourth-order valence-electron chi connectivity index (χ4n) is 1.48. The van der Waals surface area contributed by atoms with Gasteiger partial charge in [0, 0.05) is 4.88 Å². The molecule has 0 aliphatic heterocycles. The van der Waals surface area contributed by atoms with Crippen LogP contribution < -0.4 is 0 Å². The second-order valence-electron chi connectivity index (χ2n) is 3.27. The smallest absolute Gasteiger partial charge is 0.335 e. The van der Waals surface area contributed by atoms with Gasteiger partial charge in [0.05, 0.1) is 5.56 Å². The molecule has 2 aromatic rings. The first kappa shape index (κ1) is 9.93. The number of hydrogen-bond acceptors (Lipinski definition) is 2. The number of carbonyl (C=O) groups is 1. The largest absolute Gasteiger partial charge is 0.478 e. The van der Waals surface area contributed by atoms with Crippen molar-refractivity contribution in [1.82, 2.24) is 0 Å². The molecule has 15 heavy (non-hydrogen) atoms. The van der Waals surface area contributed by atoms with Gasteiger partial charge in [-0.3, -0.25) is 0 Å². The van der Waals surface area contributed by atoms with Gasteiger partial charge in [-0.05, 0) is 41.6 Å². The van der Waals surface area contributed by atoms with Crippen LogP contribution in [0.5, 0.6) is 0 Å². The van der Waals surface area contributed by atoms with Crippen molar-refractivity contribution in [1.29, 1.82) is 0 Å². The van der Waals surface area contributed by atoms with E-state index in [2.05, 4.69) is 13.0 Å². The third-order valence-electron chi connectivity index (χ3n) is 2.30. The Kier molecular flexibility index (Phi) is 2.56. The van der Waals surface area contributed by atoms with E-state index in [-0.39, 0.29) is 0 Å². The summed E-state index contributed by atoms with van der Waals surface area (Å²) in [6.07, 6.45) is 0. The van der Waals surface area contributed by atoms with Crippen molar-refractivity contribution in [3.8, 4) is 11.1 Å². The van der Waals surface area contributed by atoms with Crippen molar-refractivity contribution < 1.29 is 9.90 Å². The van der Waals surface area contributed by atoms with E-state index in [9.17, 15) is 4.79 Å². The van der Waals surface area contributed by atoms with Crippen LogP contribution in [0.1, 0.15) is 15.2 Å². The number of benzene rings is 1. The van der Waals surface area contributed by atoms with Crippen LogP contribution in [0.25, 0.3) is 11.1 Å². The lowest BCUT2D eigenvalue weighted by atomic mass is 10.1. The van der Waals surface area contributed by atoms with Crippen LogP contribution in [0, 0.1) is 6.92 Å². The summed E-state index contributed by atoms with van der Waals surface area (Å²) < 4.78 is 0. The van der Waals surface area contributed by atoms with E-state index < -0.39 is 5.97 Å². The molecular weight excluding hydrogens is 208 g/mol. The SMILES string of the molecule is Cc1sccc1-c1ccc(C(=O)O)cc1. The molecule has 0 saturated carbocycles. The van der Waals surface area contributed by atoms with E-state index in [0.29, 0.717) is 5.56 Å². The van der Waals surface area contributed by atoms with Gasteiger partial charge in [0.25, 0.3) is 0 Å². The van der Waals surface area contributed by atoms with Crippen LogP contribution in [0.15, 0.2) is 35.7 Å². The first-order valence-corrected chi connectivity index (χ1v) is 5.44. The van der Waals surface area contributed by atoms with Gasteiger partial charge in [-0.2, -0.15) is 0 Å². The van der Waals surface area contributed by atoms with Crippen LogP contribution in [0.4, 0.5) is 0 Å². The predicted octanol–water partition coefficient (Wildman–Crippen LogP) is 3.42. The third-order valence-corrected chi connectivity index (χ3v) is 3.15. The molecule has 0 aliphatic rings. The third kappa shape index (κ3) is 1.92. The van der Waals surface area contributed by atoms with Crippen LogP contribution >= 0.6 is 11.3 Å². The molecule has 1 aromatic carbocycles. The van der Waals surface area contributed by atoms with Crippen molar-refractivity contribution in [3.05, 3.63) is 46.2 Å². The maximum absolute atomic E-state index is 10.7. The number of carboxylic acids is 1. The first-order valence-electron chi connectivity index (χ1n) is 4.56. The second-order valence-corrected chi connectivity index (χ2v) is 4.39. The molecular formula is C12H10O2S. The van der Waals surface area contributed by atoms with E-state index in [1.807, 2.05) is 17.5 Å². The summed E-state index contributed by atoms with van der Waals surface area (Å²) in [5, 5.41) is 10.8. The van der Waals surface area contributed by atoms with Crippen molar-refractivity contribution in [3.63, 3.8) is 0 Å². The number of aromatic carboxylic acids is 1. The molecule has 0 aliphatic carbocycles. The Bertz CT molecular complexity index is 483. The Hall–Kier alpha value is -1.61. The molecule has 1 aromatic heterocycles. The maximum atomic E-state index is 10.7. The number of aryl methyl sites for hydroxylation is 1. The lowest BCUT2D eigenvalue weighted by Gasteiger charge is -2.00. The molecule has 0 spiro atoms. The average molecular weight is 218 g/mol. The molecule has 1 heterocycles. The summed E-state index contributed by atoms with van der Waals surface area (Å²) in [6.45, 7) is 2.06. The second kappa shape index (κ2) is 3.87. The number of rotatable bonds is 2. The molecule has 0 bridgehead atoms. The highest BCUT2D eigenvalue weighted by atomic mass is 32.1. The van der Waals surface area contributed by atoms with E-state index >= 15 is 0 Å². The van der Waals surface area contributed by atoms with Gasteiger partial charge in [0.2, 0.25) is 0 Å². The molecule has 76 valence electrons. The fraction of sp³-hybridized carbons (Fsp3) is 0.0833. The normalized spacial score (nSPS) is 10.2. The van der Waals surface area contributed by atoms with Crippen LogP contribution in [-0.4, -0.2) is 11.1 Å². The summed E-state index contributed by atoms with van der Waals surface area (Å²) in [5.41, 5.74) is 2.57. The number of carboxylic acid groups (broad SMARTS) is 1.